The molecule has 0 radical (unpaired) electrons. The molecule has 1 heterocycles. The molecule has 0 saturated heterocycles. The van der Waals surface area contributed by atoms with Crippen molar-refractivity contribution in [2.75, 3.05) is 13.6 Å². The Kier molecular flexibility index (Phi) is 7.31. The van der Waals surface area contributed by atoms with E-state index >= 15 is 0 Å². The monoisotopic (exact) mass is 344 g/mol. The molecule has 2 N–H and O–H groups in total. The third-order valence-electron chi connectivity index (χ3n) is 2.92. The third-order valence-corrected chi connectivity index (χ3v) is 3.16. The van der Waals surface area contributed by atoms with Crippen LogP contribution in [0.3, 0.4) is 0 Å². The molecular weight excluding hydrogens is 327 g/mol. The van der Waals surface area contributed by atoms with Gasteiger partial charge in [0.25, 0.3) is 0 Å². The van der Waals surface area contributed by atoms with Crippen molar-refractivity contribution < 1.29 is 9.32 Å². The zero-order valence-electron chi connectivity index (χ0n) is 12.3. The van der Waals surface area contributed by atoms with Gasteiger partial charge in [0.05, 0.1) is 6.54 Å². The van der Waals surface area contributed by atoms with Crippen LogP contribution < -0.4 is 10.6 Å². The highest BCUT2D eigenvalue weighted by Crippen LogP contribution is 2.19. The Labute approximate surface area is 140 Å². The van der Waals surface area contributed by atoms with Gasteiger partial charge in [0, 0.05) is 23.0 Å². The maximum atomic E-state index is 11.8. The number of halogens is 2. The van der Waals surface area contributed by atoms with E-state index in [1.165, 1.54) is 0 Å². The number of amides is 1. The summed E-state index contributed by atoms with van der Waals surface area (Å²) in [5.74, 6) is 0.622. The average Bonchev–Trinajstić information content (AvgIpc) is 2.94. The van der Waals surface area contributed by atoms with Crippen LogP contribution in [0.5, 0.6) is 0 Å². The number of hydrogen-bond acceptors (Lipinski definition) is 5. The summed E-state index contributed by atoms with van der Waals surface area (Å²) in [4.78, 5) is 16.0. The van der Waals surface area contributed by atoms with E-state index in [1.807, 2.05) is 19.1 Å². The lowest BCUT2D eigenvalue weighted by atomic mass is 10.1. The van der Waals surface area contributed by atoms with Crippen LogP contribution in [0.4, 0.5) is 0 Å². The second-order valence-electron chi connectivity index (χ2n) is 4.70. The first-order chi connectivity index (χ1) is 10.1. The fourth-order valence-electron chi connectivity index (χ4n) is 1.81. The van der Waals surface area contributed by atoms with Crippen molar-refractivity contribution in [1.29, 1.82) is 0 Å². The normalized spacial score (nSPS) is 11.6. The van der Waals surface area contributed by atoms with E-state index < -0.39 is 0 Å². The highest BCUT2D eigenvalue weighted by atomic mass is 35.5. The van der Waals surface area contributed by atoms with Crippen molar-refractivity contribution in [3.63, 3.8) is 0 Å². The topological polar surface area (TPSA) is 80.0 Å². The number of carbonyl (C=O) groups is 1. The molecule has 1 atom stereocenters. The molecule has 0 saturated carbocycles. The van der Waals surface area contributed by atoms with Crippen LogP contribution >= 0.6 is 24.0 Å². The number of nitrogens with one attached hydrogen (secondary N) is 2. The predicted octanol–water partition coefficient (Wildman–Crippen LogP) is 2.28. The molecule has 1 aromatic carbocycles. The van der Waals surface area contributed by atoms with Crippen LogP contribution in [0.1, 0.15) is 12.8 Å². The number of benzene rings is 1. The molecule has 2 aromatic rings. The quantitative estimate of drug-likeness (QED) is 0.840. The summed E-state index contributed by atoms with van der Waals surface area (Å²) >= 11 is 5.92. The minimum atomic E-state index is -0.120. The van der Waals surface area contributed by atoms with Crippen LogP contribution in [0.15, 0.2) is 28.8 Å². The highest BCUT2D eigenvalue weighted by molar-refractivity contribution is 6.30. The van der Waals surface area contributed by atoms with Gasteiger partial charge in [0.15, 0.2) is 0 Å². The van der Waals surface area contributed by atoms with Crippen LogP contribution in [0.25, 0.3) is 11.4 Å². The van der Waals surface area contributed by atoms with Gasteiger partial charge >= 0.3 is 0 Å². The maximum Gasteiger partial charge on any atom is 0.246 e. The van der Waals surface area contributed by atoms with Crippen molar-refractivity contribution in [1.82, 2.24) is 20.8 Å². The Morgan fingerprint density at radius 2 is 2.23 bits per heavy atom. The predicted molar refractivity (Wildman–Crippen MR) is 86.9 cm³/mol. The molecule has 1 amide bonds. The molecule has 0 aliphatic rings. The lowest BCUT2D eigenvalue weighted by Crippen LogP contribution is -2.33. The zero-order valence-corrected chi connectivity index (χ0v) is 13.9. The molecule has 22 heavy (non-hydrogen) atoms. The van der Waals surface area contributed by atoms with Gasteiger partial charge in [-0.25, -0.2) is 0 Å². The summed E-state index contributed by atoms with van der Waals surface area (Å²) < 4.78 is 5.11. The minimum absolute atomic E-state index is 0. The van der Waals surface area contributed by atoms with Crippen LogP contribution in [0.2, 0.25) is 5.02 Å². The van der Waals surface area contributed by atoms with Crippen molar-refractivity contribution in [2.24, 2.45) is 5.92 Å². The number of aromatic nitrogens is 2. The SMILES string of the molecule is CNCC(C)C(=O)NCc1nc(-c2cccc(Cl)c2)no1.Cl. The fraction of sp³-hybridized carbons (Fsp3) is 0.357. The third kappa shape index (κ3) is 4.98. The standard InChI is InChI=1S/C14H17ClN4O2.ClH/c1-9(7-16-2)14(20)17-8-12-18-13(19-21-12)10-4-3-5-11(15)6-10;/h3-6,9,16H,7-8H2,1-2H3,(H,17,20);1H. The van der Waals surface area contributed by atoms with Crippen molar-refractivity contribution in [2.45, 2.75) is 13.5 Å². The molecule has 1 aromatic heterocycles. The van der Waals surface area contributed by atoms with Gasteiger partial charge < -0.3 is 15.2 Å². The molecule has 120 valence electrons. The Morgan fingerprint density at radius 1 is 1.45 bits per heavy atom. The van der Waals surface area contributed by atoms with E-state index in [0.717, 1.165) is 5.56 Å². The van der Waals surface area contributed by atoms with Crippen LogP contribution in [-0.2, 0) is 11.3 Å². The van der Waals surface area contributed by atoms with Crippen molar-refractivity contribution >= 4 is 29.9 Å². The summed E-state index contributed by atoms with van der Waals surface area (Å²) in [5.41, 5.74) is 0.771. The first-order valence-electron chi connectivity index (χ1n) is 6.61. The first kappa shape index (κ1) is 18.4. The molecule has 2 rings (SSSR count). The van der Waals surface area contributed by atoms with Gasteiger partial charge in [-0.3, -0.25) is 4.79 Å². The Morgan fingerprint density at radius 3 is 2.91 bits per heavy atom. The van der Waals surface area contributed by atoms with Gasteiger partial charge in [0.2, 0.25) is 17.6 Å². The summed E-state index contributed by atoms with van der Waals surface area (Å²) in [5, 5.41) is 10.2. The summed E-state index contributed by atoms with van der Waals surface area (Å²) in [6.07, 6.45) is 0. The second kappa shape index (κ2) is 8.73. The van der Waals surface area contributed by atoms with Gasteiger partial charge in [0.1, 0.15) is 0 Å². The molecule has 6 nitrogen and oxygen atoms in total. The van der Waals surface area contributed by atoms with Crippen LogP contribution in [0, 0.1) is 5.92 Å². The lowest BCUT2D eigenvalue weighted by molar-refractivity contribution is -0.124. The first-order valence-corrected chi connectivity index (χ1v) is 6.98. The molecule has 0 aliphatic heterocycles. The molecule has 0 spiro atoms. The number of nitrogens with zero attached hydrogens (tertiary/aromatic N) is 2. The summed E-state index contributed by atoms with van der Waals surface area (Å²) in [6, 6.07) is 7.18. The van der Waals surface area contributed by atoms with Crippen LogP contribution in [-0.4, -0.2) is 29.6 Å². The molecule has 8 heteroatoms. The van der Waals surface area contributed by atoms with E-state index in [1.54, 1.807) is 19.2 Å². The molecular formula is C14H18Cl2N4O2. The Hall–Kier alpha value is -1.63. The van der Waals surface area contributed by atoms with E-state index in [9.17, 15) is 4.79 Å². The average molecular weight is 345 g/mol. The second-order valence-corrected chi connectivity index (χ2v) is 5.14. The van der Waals surface area contributed by atoms with Gasteiger partial charge in [-0.1, -0.05) is 35.8 Å². The number of carbonyl (C=O) groups excluding carboxylic acids is 1. The summed E-state index contributed by atoms with van der Waals surface area (Å²) in [6.45, 7) is 2.67. The minimum Gasteiger partial charge on any atom is -0.347 e. The van der Waals surface area contributed by atoms with Gasteiger partial charge in [-0.05, 0) is 19.2 Å². The zero-order chi connectivity index (χ0) is 15.2. The van der Waals surface area contributed by atoms with Gasteiger partial charge in [-0.2, -0.15) is 4.98 Å². The lowest BCUT2D eigenvalue weighted by Gasteiger charge is -2.09. The largest absolute Gasteiger partial charge is 0.347 e. The molecule has 0 bridgehead atoms. The number of hydrogen-bond donors (Lipinski definition) is 2. The van der Waals surface area contributed by atoms with E-state index in [2.05, 4.69) is 20.8 Å². The summed E-state index contributed by atoms with van der Waals surface area (Å²) in [7, 11) is 1.80. The van der Waals surface area contributed by atoms with E-state index in [4.69, 9.17) is 16.1 Å². The molecule has 0 fully saturated rings. The smallest absolute Gasteiger partial charge is 0.246 e. The van der Waals surface area contributed by atoms with Crippen molar-refractivity contribution in [3.8, 4) is 11.4 Å². The van der Waals surface area contributed by atoms with E-state index in [0.29, 0.717) is 23.3 Å². The highest BCUT2D eigenvalue weighted by Gasteiger charge is 2.14. The van der Waals surface area contributed by atoms with Gasteiger partial charge in [-0.15, -0.1) is 12.4 Å². The number of rotatable bonds is 6. The van der Waals surface area contributed by atoms with E-state index in [-0.39, 0.29) is 30.8 Å². The molecule has 1 unspecified atom stereocenters. The maximum absolute atomic E-state index is 11.8. The Bertz CT molecular complexity index is 618. The fourth-order valence-corrected chi connectivity index (χ4v) is 2.00. The Balaban J connectivity index is 0.00000242. The molecule has 0 aliphatic carbocycles. The van der Waals surface area contributed by atoms with Crippen molar-refractivity contribution in [3.05, 3.63) is 35.2 Å².